The summed E-state index contributed by atoms with van der Waals surface area (Å²) in [7, 11) is 0. The van der Waals surface area contributed by atoms with Crippen molar-refractivity contribution in [3.05, 3.63) is 57.7 Å². The van der Waals surface area contributed by atoms with Crippen molar-refractivity contribution in [3.63, 3.8) is 0 Å². The highest BCUT2D eigenvalue weighted by atomic mass is 127. The molecule has 0 atom stereocenters. The third kappa shape index (κ3) is 3.61. The molecule has 0 spiro atoms. The number of nitrogens with one attached hydrogen (secondary N) is 1. The van der Waals surface area contributed by atoms with E-state index in [9.17, 15) is 4.79 Å². The molecule has 22 heavy (non-hydrogen) atoms. The maximum atomic E-state index is 12.5. The zero-order valence-electron chi connectivity index (χ0n) is 12.4. The Labute approximate surface area is 144 Å². The third-order valence-corrected chi connectivity index (χ3v) is 4.61. The second-order valence-corrected chi connectivity index (χ2v) is 6.77. The zero-order valence-corrected chi connectivity index (χ0v) is 14.5. The van der Waals surface area contributed by atoms with Crippen LogP contribution < -0.4 is 10.2 Å². The van der Waals surface area contributed by atoms with Crippen molar-refractivity contribution < 1.29 is 4.79 Å². The predicted octanol–water partition coefficient (Wildman–Crippen LogP) is 4.53. The summed E-state index contributed by atoms with van der Waals surface area (Å²) < 4.78 is 1.06. The Kier molecular flexibility index (Phi) is 4.97. The van der Waals surface area contributed by atoms with Crippen molar-refractivity contribution in [2.75, 3.05) is 23.3 Å². The van der Waals surface area contributed by atoms with Crippen LogP contribution in [0.25, 0.3) is 0 Å². The van der Waals surface area contributed by atoms with E-state index in [1.807, 2.05) is 42.5 Å². The fraction of sp³-hybridized carbons (Fsp3) is 0.278. The highest BCUT2D eigenvalue weighted by molar-refractivity contribution is 14.1. The topological polar surface area (TPSA) is 32.3 Å². The minimum atomic E-state index is -0.0528. The van der Waals surface area contributed by atoms with Gasteiger partial charge in [-0.1, -0.05) is 18.2 Å². The van der Waals surface area contributed by atoms with E-state index in [2.05, 4.69) is 38.9 Å². The first-order valence-electron chi connectivity index (χ1n) is 7.65. The molecule has 2 aromatic rings. The van der Waals surface area contributed by atoms with Crippen molar-refractivity contribution in [2.45, 2.75) is 19.3 Å². The smallest absolute Gasteiger partial charge is 0.255 e. The first-order chi connectivity index (χ1) is 10.7. The molecule has 3 rings (SSSR count). The largest absolute Gasteiger partial charge is 0.370 e. The molecule has 1 aliphatic rings. The monoisotopic (exact) mass is 406 g/mol. The summed E-state index contributed by atoms with van der Waals surface area (Å²) in [5, 5.41) is 3.07. The van der Waals surface area contributed by atoms with Crippen LogP contribution in [0.3, 0.4) is 0 Å². The number of halogens is 1. The normalized spacial score (nSPS) is 14.7. The number of para-hydroxylation sites is 2. The van der Waals surface area contributed by atoms with Gasteiger partial charge in [-0.05, 0) is 72.2 Å². The lowest BCUT2D eigenvalue weighted by Crippen LogP contribution is -2.30. The van der Waals surface area contributed by atoms with Gasteiger partial charge in [-0.15, -0.1) is 0 Å². The number of rotatable bonds is 3. The Morgan fingerprint density at radius 2 is 1.77 bits per heavy atom. The molecule has 3 nitrogen and oxygen atoms in total. The minimum Gasteiger partial charge on any atom is -0.370 e. The number of nitrogens with zero attached hydrogens (tertiary/aromatic N) is 1. The molecule has 1 amide bonds. The molecule has 1 fully saturated rings. The first-order valence-corrected chi connectivity index (χ1v) is 8.73. The van der Waals surface area contributed by atoms with E-state index in [0.29, 0.717) is 5.56 Å². The summed E-state index contributed by atoms with van der Waals surface area (Å²) in [6.45, 7) is 2.13. The lowest BCUT2D eigenvalue weighted by Gasteiger charge is -2.30. The maximum absolute atomic E-state index is 12.5. The first kappa shape index (κ1) is 15.3. The van der Waals surface area contributed by atoms with Crippen LogP contribution in [0.15, 0.2) is 48.5 Å². The quantitative estimate of drug-likeness (QED) is 0.760. The van der Waals surface area contributed by atoms with Crippen LogP contribution in [-0.4, -0.2) is 19.0 Å². The molecule has 4 heteroatoms. The van der Waals surface area contributed by atoms with Crippen LogP contribution in [0.5, 0.6) is 0 Å². The lowest BCUT2D eigenvalue weighted by molar-refractivity contribution is 0.102. The van der Waals surface area contributed by atoms with Gasteiger partial charge in [0.15, 0.2) is 0 Å². The zero-order chi connectivity index (χ0) is 15.4. The number of carbonyl (C=O) groups excluding carboxylic acids is 1. The van der Waals surface area contributed by atoms with Crippen molar-refractivity contribution in [1.82, 2.24) is 0 Å². The number of hydrogen-bond donors (Lipinski definition) is 1. The molecule has 1 N–H and O–H groups in total. The third-order valence-electron chi connectivity index (χ3n) is 3.94. The molecule has 2 aromatic carbocycles. The van der Waals surface area contributed by atoms with Crippen molar-refractivity contribution in [2.24, 2.45) is 0 Å². The maximum Gasteiger partial charge on any atom is 0.255 e. The number of hydrogen-bond acceptors (Lipinski definition) is 2. The summed E-state index contributed by atoms with van der Waals surface area (Å²) in [5.74, 6) is -0.0528. The van der Waals surface area contributed by atoms with Crippen LogP contribution in [0.1, 0.15) is 29.6 Å². The van der Waals surface area contributed by atoms with Gasteiger partial charge >= 0.3 is 0 Å². The van der Waals surface area contributed by atoms with Gasteiger partial charge in [0.2, 0.25) is 0 Å². The average Bonchev–Trinajstić information content (AvgIpc) is 2.56. The van der Waals surface area contributed by atoms with Gasteiger partial charge in [0.05, 0.1) is 11.4 Å². The molecule has 0 aliphatic carbocycles. The molecule has 0 aromatic heterocycles. The fourth-order valence-electron chi connectivity index (χ4n) is 2.81. The lowest BCUT2D eigenvalue weighted by atomic mass is 10.1. The van der Waals surface area contributed by atoms with E-state index >= 15 is 0 Å². The molecular weight excluding hydrogens is 387 g/mol. The Morgan fingerprint density at radius 3 is 2.55 bits per heavy atom. The van der Waals surface area contributed by atoms with Crippen LogP contribution in [-0.2, 0) is 0 Å². The molecule has 0 radical (unpaired) electrons. The SMILES string of the molecule is O=C(Nc1ccccc1N1CCCCC1)c1cccc(I)c1. The van der Waals surface area contributed by atoms with Gasteiger partial charge in [0, 0.05) is 22.2 Å². The molecule has 1 aliphatic heterocycles. The average molecular weight is 406 g/mol. The number of piperidine rings is 1. The summed E-state index contributed by atoms with van der Waals surface area (Å²) in [6.07, 6.45) is 3.74. The van der Waals surface area contributed by atoms with Crippen LogP contribution >= 0.6 is 22.6 Å². The highest BCUT2D eigenvalue weighted by Crippen LogP contribution is 2.28. The van der Waals surface area contributed by atoms with Gasteiger partial charge in [0.1, 0.15) is 0 Å². The molecule has 1 saturated heterocycles. The molecule has 0 saturated carbocycles. The number of carbonyl (C=O) groups is 1. The summed E-state index contributed by atoms with van der Waals surface area (Å²) in [4.78, 5) is 14.8. The van der Waals surface area contributed by atoms with Gasteiger partial charge in [0.25, 0.3) is 5.91 Å². The summed E-state index contributed by atoms with van der Waals surface area (Å²) in [5.41, 5.74) is 2.72. The minimum absolute atomic E-state index is 0.0528. The van der Waals surface area contributed by atoms with Gasteiger partial charge < -0.3 is 10.2 Å². The molecule has 1 heterocycles. The van der Waals surface area contributed by atoms with Crippen molar-refractivity contribution in [3.8, 4) is 0 Å². The molecule has 114 valence electrons. The fourth-order valence-corrected chi connectivity index (χ4v) is 3.36. The van der Waals surface area contributed by atoms with E-state index in [0.717, 1.165) is 28.0 Å². The standard InChI is InChI=1S/C18H19IN2O/c19-15-8-6-7-14(13-15)18(22)20-16-9-2-3-10-17(16)21-11-4-1-5-12-21/h2-3,6-10,13H,1,4-5,11-12H2,(H,20,22). The molecule has 0 bridgehead atoms. The second kappa shape index (κ2) is 7.13. The summed E-state index contributed by atoms with van der Waals surface area (Å²) >= 11 is 2.22. The Bertz CT molecular complexity index is 666. The highest BCUT2D eigenvalue weighted by Gasteiger charge is 2.16. The van der Waals surface area contributed by atoms with Crippen LogP contribution in [0.4, 0.5) is 11.4 Å². The Balaban J connectivity index is 1.81. The predicted molar refractivity (Wildman–Crippen MR) is 99.6 cm³/mol. The number of amides is 1. The van der Waals surface area contributed by atoms with Gasteiger partial charge in [-0.2, -0.15) is 0 Å². The summed E-state index contributed by atoms with van der Waals surface area (Å²) in [6, 6.07) is 15.7. The van der Waals surface area contributed by atoms with Crippen molar-refractivity contribution >= 4 is 39.9 Å². The van der Waals surface area contributed by atoms with Crippen molar-refractivity contribution in [1.29, 1.82) is 0 Å². The molecule has 0 unspecified atom stereocenters. The number of benzene rings is 2. The van der Waals surface area contributed by atoms with E-state index < -0.39 is 0 Å². The van der Waals surface area contributed by atoms with Gasteiger partial charge in [-0.25, -0.2) is 0 Å². The Morgan fingerprint density at radius 1 is 1.00 bits per heavy atom. The van der Waals surface area contributed by atoms with E-state index in [1.54, 1.807) is 0 Å². The van der Waals surface area contributed by atoms with E-state index in [4.69, 9.17) is 0 Å². The van der Waals surface area contributed by atoms with E-state index in [-0.39, 0.29) is 5.91 Å². The Hall–Kier alpha value is -1.56. The van der Waals surface area contributed by atoms with E-state index in [1.165, 1.54) is 19.3 Å². The van der Waals surface area contributed by atoms with Crippen LogP contribution in [0, 0.1) is 3.57 Å². The molecular formula is C18H19IN2O. The van der Waals surface area contributed by atoms with Crippen LogP contribution in [0.2, 0.25) is 0 Å². The number of anilines is 2. The van der Waals surface area contributed by atoms with Gasteiger partial charge in [-0.3, -0.25) is 4.79 Å². The second-order valence-electron chi connectivity index (χ2n) is 5.53.